The zero-order valence-corrected chi connectivity index (χ0v) is 15.2. The van der Waals surface area contributed by atoms with Gasteiger partial charge in [0.1, 0.15) is 0 Å². The van der Waals surface area contributed by atoms with Gasteiger partial charge >= 0.3 is 0 Å². The zero-order valence-electron chi connectivity index (χ0n) is 14.4. The van der Waals surface area contributed by atoms with Gasteiger partial charge in [0.2, 0.25) is 11.8 Å². The molecule has 1 aromatic heterocycles. The third-order valence-corrected chi connectivity index (χ3v) is 4.52. The van der Waals surface area contributed by atoms with Crippen molar-refractivity contribution in [2.45, 2.75) is 45.8 Å². The number of amides is 1. The van der Waals surface area contributed by atoms with Crippen molar-refractivity contribution < 1.29 is 9.32 Å². The summed E-state index contributed by atoms with van der Waals surface area (Å²) in [5, 5.41) is 6.75. The van der Waals surface area contributed by atoms with Crippen molar-refractivity contribution in [3.05, 3.63) is 46.6 Å². The van der Waals surface area contributed by atoms with Crippen LogP contribution in [0, 0.1) is 13.8 Å². The lowest BCUT2D eigenvalue weighted by atomic mass is 9.92. The van der Waals surface area contributed by atoms with E-state index in [-0.39, 0.29) is 11.3 Å². The second-order valence-corrected chi connectivity index (χ2v) is 7.78. The molecule has 0 aliphatic rings. The summed E-state index contributed by atoms with van der Waals surface area (Å²) in [6, 6.07) is 8.18. The molecule has 2 rings (SSSR count). The van der Waals surface area contributed by atoms with E-state index >= 15 is 0 Å². The molecule has 1 heterocycles. The van der Waals surface area contributed by atoms with Crippen molar-refractivity contribution in [3.8, 4) is 0 Å². The van der Waals surface area contributed by atoms with Crippen LogP contribution in [0.15, 0.2) is 28.8 Å². The Bertz CT molecular complexity index is 687. The minimum atomic E-state index is -0.0933. The Balaban J connectivity index is 1.83. The number of hydrogen-bond acceptors (Lipinski definition) is 4. The highest BCUT2D eigenvalue weighted by molar-refractivity contribution is 7.99. The van der Waals surface area contributed by atoms with Gasteiger partial charge in [0.05, 0.1) is 11.4 Å². The van der Waals surface area contributed by atoms with E-state index in [0.29, 0.717) is 11.6 Å². The lowest BCUT2D eigenvalue weighted by molar-refractivity contribution is -0.113. The number of carbonyl (C=O) groups is 1. The SMILES string of the molecule is Cc1ccc(C)c(CSCC(=O)Nc2cc(C(C)(C)C)no2)c1. The van der Waals surface area contributed by atoms with Gasteiger partial charge in [-0.05, 0) is 25.0 Å². The first-order chi connectivity index (χ1) is 10.8. The minimum Gasteiger partial charge on any atom is -0.338 e. The minimum absolute atomic E-state index is 0.0723. The fourth-order valence-electron chi connectivity index (χ4n) is 2.07. The summed E-state index contributed by atoms with van der Waals surface area (Å²) in [4.78, 5) is 12.0. The van der Waals surface area contributed by atoms with Crippen LogP contribution in [0.1, 0.15) is 43.2 Å². The van der Waals surface area contributed by atoms with E-state index in [0.717, 1.165) is 11.4 Å². The van der Waals surface area contributed by atoms with Crippen LogP contribution in [0.4, 0.5) is 5.88 Å². The maximum Gasteiger partial charge on any atom is 0.236 e. The fourth-order valence-corrected chi connectivity index (χ4v) is 2.96. The maximum absolute atomic E-state index is 12.0. The van der Waals surface area contributed by atoms with Gasteiger partial charge in [0.15, 0.2) is 0 Å². The van der Waals surface area contributed by atoms with Crippen molar-refractivity contribution in [3.63, 3.8) is 0 Å². The first-order valence-corrected chi connectivity index (χ1v) is 8.82. The van der Waals surface area contributed by atoms with E-state index in [1.54, 1.807) is 17.8 Å². The van der Waals surface area contributed by atoms with Crippen LogP contribution in [0.2, 0.25) is 0 Å². The second-order valence-electron chi connectivity index (χ2n) is 6.80. The van der Waals surface area contributed by atoms with Gasteiger partial charge in [0, 0.05) is 17.2 Å². The van der Waals surface area contributed by atoms with Gasteiger partial charge in [0.25, 0.3) is 0 Å². The predicted octanol–water partition coefficient (Wildman–Crippen LogP) is 4.46. The highest BCUT2D eigenvalue weighted by Gasteiger charge is 2.19. The topological polar surface area (TPSA) is 55.1 Å². The van der Waals surface area contributed by atoms with Crippen molar-refractivity contribution in [1.82, 2.24) is 5.16 Å². The molecule has 1 N–H and O–H groups in total. The summed E-state index contributed by atoms with van der Waals surface area (Å²) in [6.45, 7) is 10.3. The van der Waals surface area contributed by atoms with Crippen LogP contribution < -0.4 is 5.32 Å². The van der Waals surface area contributed by atoms with Crippen LogP contribution in [0.5, 0.6) is 0 Å². The van der Waals surface area contributed by atoms with Gasteiger partial charge in [-0.25, -0.2) is 0 Å². The Morgan fingerprint density at radius 3 is 2.65 bits per heavy atom. The van der Waals surface area contributed by atoms with Crippen LogP contribution >= 0.6 is 11.8 Å². The Labute approximate surface area is 142 Å². The van der Waals surface area contributed by atoms with Crippen molar-refractivity contribution >= 4 is 23.6 Å². The molecule has 0 aliphatic heterocycles. The summed E-state index contributed by atoms with van der Waals surface area (Å²) in [5.41, 5.74) is 4.51. The number of hydrogen-bond donors (Lipinski definition) is 1. The number of benzene rings is 1. The molecule has 4 nitrogen and oxygen atoms in total. The third kappa shape index (κ3) is 5.13. The number of aryl methyl sites for hydroxylation is 2. The van der Waals surface area contributed by atoms with Gasteiger partial charge in [-0.1, -0.05) is 49.7 Å². The second kappa shape index (κ2) is 7.21. The fraction of sp³-hybridized carbons (Fsp3) is 0.444. The van der Waals surface area contributed by atoms with E-state index in [2.05, 4.69) is 63.3 Å². The number of aromatic nitrogens is 1. The van der Waals surface area contributed by atoms with Crippen molar-refractivity contribution in [1.29, 1.82) is 0 Å². The molecule has 0 saturated carbocycles. The number of nitrogens with zero attached hydrogens (tertiary/aromatic N) is 1. The van der Waals surface area contributed by atoms with Crippen LogP contribution in [-0.2, 0) is 16.0 Å². The molecule has 0 bridgehead atoms. The Morgan fingerprint density at radius 2 is 2.00 bits per heavy atom. The van der Waals surface area contributed by atoms with Gasteiger partial charge in [-0.2, -0.15) is 0 Å². The van der Waals surface area contributed by atoms with E-state index < -0.39 is 0 Å². The lowest BCUT2D eigenvalue weighted by Crippen LogP contribution is -2.14. The van der Waals surface area contributed by atoms with Crippen LogP contribution in [-0.4, -0.2) is 16.8 Å². The third-order valence-electron chi connectivity index (χ3n) is 3.54. The average Bonchev–Trinajstić information content (AvgIpc) is 2.91. The van der Waals surface area contributed by atoms with E-state index in [9.17, 15) is 4.79 Å². The number of carbonyl (C=O) groups excluding carboxylic acids is 1. The number of nitrogens with one attached hydrogen (secondary N) is 1. The normalized spacial score (nSPS) is 11.5. The average molecular weight is 332 g/mol. The molecule has 23 heavy (non-hydrogen) atoms. The molecule has 0 fully saturated rings. The van der Waals surface area contributed by atoms with Gasteiger partial charge < -0.3 is 4.52 Å². The summed E-state index contributed by atoms with van der Waals surface area (Å²) in [6.07, 6.45) is 0. The molecule has 0 atom stereocenters. The molecular formula is C18H24N2O2S. The molecule has 1 aromatic carbocycles. The Kier molecular flexibility index (Phi) is 5.52. The molecule has 0 radical (unpaired) electrons. The van der Waals surface area contributed by atoms with Gasteiger partial charge in [-0.15, -0.1) is 11.8 Å². The molecule has 0 saturated heterocycles. The summed E-state index contributed by atoms with van der Waals surface area (Å²) in [7, 11) is 0. The number of anilines is 1. The lowest BCUT2D eigenvalue weighted by Gasteiger charge is -2.12. The molecule has 0 unspecified atom stereocenters. The number of thioether (sulfide) groups is 1. The summed E-state index contributed by atoms with van der Waals surface area (Å²) in [5.74, 6) is 1.55. The monoisotopic (exact) mass is 332 g/mol. The van der Waals surface area contributed by atoms with Crippen LogP contribution in [0.25, 0.3) is 0 Å². The molecular weight excluding hydrogens is 308 g/mol. The van der Waals surface area contributed by atoms with Crippen LogP contribution in [0.3, 0.4) is 0 Å². The molecule has 1 amide bonds. The van der Waals surface area contributed by atoms with Crippen molar-refractivity contribution in [2.75, 3.05) is 11.1 Å². The quantitative estimate of drug-likeness (QED) is 0.878. The predicted molar refractivity (Wildman–Crippen MR) is 95.9 cm³/mol. The molecule has 0 aliphatic carbocycles. The Morgan fingerprint density at radius 1 is 1.26 bits per heavy atom. The summed E-state index contributed by atoms with van der Waals surface area (Å²) >= 11 is 1.59. The zero-order chi connectivity index (χ0) is 17.0. The standard InChI is InChI=1S/C18H24N2O2S/c1-12-6-7-13(2)14(8-12)10-23-11-16(21)19-17-9-15(20-22-17)18(3,4)5/h6-9H,10-11H2,1-5H3,(H,19,21). The molecule has 2 aromatic rings. The maximum atomic E-state index is 12.0. The van der Waals surface area contributed by atoms with E-state index in [1.165, 1.54) is 16.7 Å². The molecule has 5 heteroatoms. The first kappa shape index (κ1) is 17.6. The smallest absolute Gasteiger partial charge is 0.236 e. The van der Waals surface area contributed by atoms with Gasteiger partial charge in [-0.3, -0.25) is 10.1 Å². The summed E-state index contributed by atoms with van der Waals surface area (Å²) < 4.78 is 5.17. The Hall–Kier alpha value is -1.75. The highest BCUT2D eigenvalue weighted by Crippen LogP contribution is 2.24. The highest BCUT2D eigenvalue weighted by atomic mass is 32.2. The van der Waals surface area contributed by atoms with Crippen molar-refractivity contribution in [2.24, 2.45) is 0 Å². The largest absolute Gasteiger partial charge is 0.338 e. The van der Waals surface area contributed by atoms with E-state index in [4.69, 9.17) is 4.52 Å². The van der Waals surface area contributed by atoms with E-state index in [1.807, 2.05) is 0 Å². The molecule has 124 valence electrons. The number of rotatable bonds is 5. The first-order valence-electron chi connectivity index (χ1n) is 7.66. The molecule has 0 spiro atoms.